The van der Waals surface area contributed by atoms with Crippen LogP contribution in [-0.2, 0) is 0 Å². The second-order valence-corrected chi connectivity index (χ2v) is 4.72. The molecule has 0 saturated heterocycles. The summed E-state index contributed by atoms with van der Waals surface area (Å²) in [4.78, 5) is 11.1. The molecule has 1 heterocycles. The van der Waals surface area contributed by atoms with Crippen LogP contribution in [0.25, 0.3) is 17.2 Å². The predicted octanol–water partition coefficient (Wildman–Crippen LogP) is 5.26. The van der Waals surface area contributed by atoms with E-state index in [0.29, 0.717) is 6.42 Å². The summed E-state index contributed by atoms with van der Waals surface area (Å²) in [6, 6.07) is 13.3. The molecular weight excluding hydrogens is 264 g/mol. The first-order valence-corrected chi connectivity index (χ1v) is 6.85. The van der Waals surface area contributed by atoms with E-state index in [0.717, 1.165) is 22.3 Å². The van der Waals surface area contributed by atoms with Gasteiger partial charge in [0.2, 0.25) is 11.2 Å². The van der Waals surface area contributed by atoms with E-state index >= 15 is 0 Å². The summed E-state index contributed by atoms with van der Waals surface area (Å²) in [7, 11) is 0. The number of carbonyl (C=O) groups is 1. The molecule has 2 aromatic carbocycles. The molecule has 21 heavy (non-hydrogen) atoms. The molecule has 0 aliphatic carbocycles. The van der Waals surface area contributed by atoms with E-state index in [1.54, 1.807) is 6.08 Å². The molecule has 0 aliphatic heterocycles. The standard InChI is InChI=1S/C10H12O.C8H6O2/c1-3-10(11)9-6-4-8(2)5-7-9;1-2-6-3-4-7-8(5-6)10-9-7/h4-7H,3H2,1-2H3;2-5H,1H2. The Morgan fingerprint density at radius 1 is 1.10 bits per heavy atom. The van der Waals surface area contributed by atoms with Gasteiger partial charge >= 0.3 is 0 Å². The first-order chi connectivity index (χ1) is 10.1. The molecule has 1 aromatic heterocycles. The number of aryl methyl sites for hydroxylation is 1. The van der Waals surface area contributed by atoms with Gasteiger partial charge in [-0.2, -0.15) is 0 Å². The van der Waals surface area contributed by atoms with E-state index in [1.807, 2.05) is 56.3 Å². The number of Topliss-reactive ketones (excluding diaryl/α,β-unsaturated/α-hetero) is 1. The molecule has 3 aromatic rings. The molecule has 0 N–H and O–H groups in total. The smallest absolute Gasteiger partial charge is 0.226 e. The summed E-state index contributed by atoms with van der Waals surface area (Å²) in [5, 5.41) is 0. The quantitative estimate of drug-likeness (QED) is 0.486. The van der Waals surface area contributed by atoms with Gasteiger partial charge in [-0.1, -0.05) is 55.5 Å². The van der Waals surface area contributed by atoms with Crippen molar-refractivity contribution in [3.05, 3.63) is 65.7 Å². The van der Waals surface area contributed by atoms with Crippen LogP contribution in [0.3, 0.4) is 0 Å². The molecule has 0 spiro atoms. The van der Waals surface area contributed by atoms with Crippen molar-refractivity contribution in [2.75, 3.05) is 0 Å². The van der Waals surface area contributed by atoms with Gasteiger partial charge < -0.3 is 0 Å². The highest BCUT2D eigenvalue weighted by Crippen LogP contribution is 2.19. The number of rotatable bonds is 3. The van der Waals surface area contributed by atoms with Gasteiger partial charge in [-0.05, 0) is 24.6 Å². The Hall–Kier alpha value is -2.55. The van der Waals surface area contributed by atoms with Gasteiger partial charge in [-0.3, -0.25) is 13.9 Å². The van der Waals surface area contributed by atoms with Gasteiger partial charge in [0.05, 0.1) is 0 Å². The zero-order valence-corrected chi connectivity index (χ0v) is 12.3. The van der Waals surface area contributed by atoms with E-state index in [1.165, 1.54) is 5.56 Å². The highest BCUT2D eigenvalue weighted by Gasteiger charge is 2.02. The van der Waals surface area contributed by atoms with Crippen molar-refractivity contribution in [3.63, 3.8) is 0 Å². The molecule has 0 unspecified atom stereocenters. The van der Waals surface area contributed by atoms with Crippen LogP contribution in [0.2, 0.25) is 0 Å². The number of ketones is 1. The number of hydrogen-bond acceptors (Lipinski definition) is 3. The Kier molecular flexibility index (Phi) is 4.77. The third kappa shape index (κ3) is 3.72. The molecule has 0 saturated carbocycles. The van der Waals surface area contributed by atoms with Gasteiger partial charge in [-0.15, -0.1) is 0 Å². The van der Waals surface area contributed by atoms with Crippen molar-refractivity contribution in [1.29, 1.82) is 0 Å². The average Bonchev–Trinajstić information content (AvgIpc) is 2.49. The fourth-order valence-electron chi connectivity index (χ4n) is 1.78. The minimum atomic E-state index is 0.213. The van der Waals surface area contributed by atoms with E-state index in [4.69, 9.17) is 0 Å². The summed E-state index contributed by atoms with van der Waals surface area (Å²) in [6.07, 6.45) is 2.35. The summed E-state index contributed by atoms with van der Waals surface area (Å²) in [5.74, 6) is 0.213. The number of hydrogen-bond donors (Lipinski definition) is 0. The van der Waals surface area contributed by atoms with Gasteiger partial charge in [0.15, 0.2) is 5.78 Å². The van der Waals surface area contributed by atoms with Crippen molar-refractivity contribution in [1.82, 2.24) is 0 Å². The predicted molar refractivity (Wildman–Crippen MR) is 84.4 cm³/mol. The van der Waals surface area contributed by atoms with Crippen molar-refractivity contribution >= 4 is 23.0 Å². The SMILES string of the molecule is C=Cc1ccc2ooc2c1.CCC(=O)c1ccc(C)cc1. The lowest BCUT2D eigenvalue weighted by Gasteiger charge is -1.97. The minimum Gasteiger partial charge on any atom is -0.294 e. The largest absolute Gasteiger partial charge is 0.294 e. The lowest BCUT2D eigenvalue weighted by Crippen LogP contribution is -1.95. The average molecular weight is 282 g/mol. The maximum absolute atomic E-state index is 11.1. The first-order valence-electron chi connectivity index (χ1n) is 6.85. The molecular formula is C18H18O3. The molecule has 0 fully saturated rings. The van der Waals surface area contributed by atoms with Crippen molar-refractivity contribution in [2.24, 2.45) is 0 Å². The van der Waals surface area contributed by atoms with E-state index < -0.39 is 0 Å². The second kappa shape index (κ2) is 6.75. The highest BCUT2D eigenvalue weighted by molar-refractivity contribution is 5.95. The lowest BCUT2D eigenvalue weighted by atomic mass is 10.1. The minimum absolute atomic E-state index is 0.213. The van der Waals surface area contributed by atoms with Crippen molar-refractivity contribution < 1.29 is 13.9 Å². The van der Waals surface area contributed by atoms with Crippen LogP contribution in [0.4, 0.5) is 0 Å². The van der Waals surface area contributed by atoms with Gasteiger partial charge in [-0.25, -0.2) is 0 Å². The topological polar surface area (TPSA) is 43.4 Å². The van der Waals surface area contributed by atoms with Crippen LogP contribution in [0.1, 0.15) is 34.8 Å². The Balaban J connectivity index is 0.000000154. The third-order valence-electron chi connectivity index (χ3n) is 3.12. The zero-order chi connectivity index (χ0) is 15.2. The van der Waals surface area contributed by atoms with E-state index in [2.05, 4.69) is 15.7 Å². The molecule has 0 radical (unpaired) electrons. The molecule has 3 heteroatoms. The van der Waals surface area contributed by atoms with Crippen LogP contribution in [0.15, 0.2) is 58.2 Å². The number of fused-ring (bicyclic) bond motifs is 1. The molecule has 108 valence electrons. The molecule has 0 atom stereocenters. The van der Waals surface area contributed by atoms with Crippen LogP contribution in [0, 0.1) is 6.92 Å². The Morgan fingerprint density at radius 2 is 1.76 bits per heavy atom. The Labute approximate surface area is 123 Å². The normalized spacial score (nSPS) is 10.0. The Bertz CT molecular complexity index is 729. The maximum atomic E-state index is 11.1. The first kappa shape index (κ1) is 14.9. The van der Waals surface area contributed by atoms with E-state index in [9.17, 15) is 4.79 Å². The lowest BCUT2D eigenvalue weighted by molar-refractivity contribution is 0.0589. The van der Waals surface area contributed by atoms with Gasteiger partial charge in [0, 0.05) is 12.0 Å². The molecule has 0 bridgehead atoms. The fraction of sp³-hybridized carbons (Fsp3) is 0.167. The van der Waals surface area contributed by atoms with Crippen LogP contribution < -0.4 is 0 Å². The number of benzene rings is 2. The van der Waals surface area contributed by atoms with Gasteiger partial charge in [0.25, 0.3) is 0 Å². The Morgan fingerprint density at radius 3 is 2.24 bits per heavy atom. The fourth-order valence-corrected chi connectivity index (χ4v) is 1.78. The van der Waals surface area contributed by atoms with Crippen molar-refractivity contribution in [2.45, 2.75) is 20.3 Å². The van der Waals surface area contributed by atoms with Crippen LogP contribution in [-0.4, -0.2) is 5.78 Å². The molecule has 0 amide bonds. The van der Waals surface area contributed by atoms with Gasteiger partial charge in [0.1, 0.15) is 0 Å². The summed E-state index contributed by atoms with van der Waals surface area (Å²) >= 11 is 0. The second-order valence-electron chi connectivity index (χ2n) is 4.72. The van der Waals surface area contributed by atoms with E-state index in [-0.39, 0.29) is 5.78 Å². The third-order valence-corrected chi connectivity index (χ3v) is 3.12. The van der Waals surface area contributed by atoms with Crippen LogP contribution in [0.5, 0.6) is 0 Å². The maximum Gasteiger partial charge on any atom is 0.226 e. The molecule has 3 nitrogen and oxygen atoms in total. The van der Waals surface area contributed by atoms with Crippen molar-refractivity contribution in [3.8, 4) is 0 Å². The zero-order valence-electron chi connectivity index (χ0n) is 12.3. The number of carbonyl (C=O) groups excluding carboxylic acids is 1. The molecule has 0 aliphatic rings. The summed E-state index contributed by atoms with van der Waals surface area (Å²) in [6.45, 7) is 7.52. The monoisotopic (exact) mass is 282 g/mol. The molecule has 3 rings (SSSR count). The van der Waals surface area contributed by atoms with Crippen LogP contribution >= 0.6 is 0 Å². The highest BCUT2D eigenvalue weighted by atomic mass is 17.0. The summed E-state index contributed by atoms with van der Waals surface area (Å²) < 4.78 is 9.31. The summed E-state index contributed by atoms with van der Waals surface area (Å²) in [5.41, 5.74) is 4.64.